The van der Waals surface area contributed by atoms with Gasteiger partial charge >= 0.3 is 5.97 Å². The molecule has 46 heavy (non-hydrogen) atoms. The summed E-state index contributed by atoms with van der Waals surface area (Å²) >= 11 is 6.29. The zero-order chi connectivity index (χ0) is 32.1. The van der Waals surface area contributed by atoms with E-state index >= 15 is 0 Å². The van der Waals surface area contributed by atoms with Crippen LogP contribution < -0.4 is 33.7 Å². The lowest BCUT2D eigenvalue weighted by atomic mass is 9.65. The highest BCUT2D eigenvalue weighted by molar-refractivity contribution is 6.32. The van der Waals surface area contributed by atoms with Crippen molar-refractivity contribution in [1.29, 1.82) is 0 Å². The Morgan fingerprint density at radius 3 is 2.26 bits per heavy atom. The Hall–Kier alpha value is -5.17. The Morgan fingerprint density at radius 2 is 1.61 bits per heavy atom. The summed E-state index contributed by atoms with van der Waals surface area (Å²) in [6, 6.07) is 11.8. The molecule has 0 saturated carbocycles. The van der Waals surface area contributed by atoms with Crippen LogP contribution in [0.15, 0.2) is 48.7 Å². The van der Waals surface area contributed by atoms with Gasteiger partial charge in [0.25, 0.3) is 5.91 Å². The van der Waals surface area contributed by atoms with E-state index in [1.165, 1.54) is 39.3 Å². The van der Waals surface area contributed by atoms with Crippen LogP contribution in [0.4, 0.5) is 0 Å². The maximum atomic E-state index is 13.7. The lowest BCUT2D eigenvalue weighted by molar-refractivity contribution is -0.141. The van der Waals surface area contributed by atoms with Crippen LogP contribution in [0, 0.1) is 11.8 Å². The maximum Gasteiger partial charge on any atom is 0.310 e. The molecule has 1 amide bonds. The Balaban J connectivity index is 1.29. The molecule has 1 fully saturated rings. The van der Waals surface area contributed by atoms with Gasteiger partial charge in [-0.1, -0.05) is 16.8 Å². The summed E-state index contributed by atoms with van der Waals surface area (Å²) in [6.07, 6.45) is 1.50. The zero-order valence-corrected chi connectivity index (χ0v) is 26.0. The molecule has 2 aliphatic heterocycles. The number of esters is 1. The fraction of sp³-hybridized carbons (Fsp3) is 0.312. The van der Waals surface area contributed by atoms with Crippen molar-refractivity contribution in [3.05, 3.63) is 76.1 Å². The van der Waals surface area contributed by atoms with Crippen LogP contribution in [0.3, 0.4) is 0 Å². The topological polar surface area (TPSA) is 141 Å². The molecule has 0 spiro atoms. The fourth-order valence-corrected chi connectivity index (χ4v) is 6.79. The summed E-state index contributed by atoms with van der Waals surface area (Å²) in [7, 11) is 6.12. The molecule has 1 aliphatic carbocycles. The first-order valence-electron chi connectivity index (χ1n) is 14.3. The number of nitrogens with zero attached hydrogens (tertiary/aromatic N) is 3. The van der Waals surface area contributed by atoms with Crippen molar-refractivity contribution in [3.8, 4) is 40.2 Å². The number of methoxy groups -OCH3 is 4. The van der Waals surface area contributed by atoms with Crippen LogP contribution in [0.5, 0.6) is 34.5 Å². The summed E-state index contributed by atoms with van der Waals surface area (Å²) in [5.41, 5.74) is 2.93. The van der Waals surface area contributed by atoms with Crippen molar-refractivity contribution in [3.63, 3.8) is 0 Å². The van der Waals surface area contributed by atoms with E-state index < -0.39 is 29.7 Å². The lowest BCUT2D eigenvalue weighted by Gasteiger charge is -2.39. The zero-order valence-electron chi connectivity index (χ0n) is 25.2. The number of halogens is 1. The van der Waals surface area contributed by atoms with E-state index in [2.05, 4.69) is 15.6 Å². The highest BCUT2D eigenvalue weighted by Gasteiger charge is 2.53. The summed E-state index contributed by atoms with van der Waals surface area (Å²) in [6.45, 7) is 0.151. The van der Waals surface area contributed by atoms with E-state index in [4.69, 9.17) is 44.8 Å². The van der Waals surface area contributed by atoms with Gasteiger partial charge in [-0.05, 0) is 59.2 Å². The average molecular weight is 649 g/mol. The smallest absolute Gasteiger partial charge is 0.310 e. The molecule has 0 bridgehead atoms. The van der Waals surface area contributed by atoms with Gasteiger partial charge in [-0.3, -0.25) is 9.59 Å². The molecule has 1 aromatic heterocycles. The minimum Gasteiger partial charge on any atom is -0.495 e. The number of nitrogens with one attached hydrogen (secondary N) is 1. The molecule has 1 N–H and O–H groups in total. The maximum absolute atomic E-state index is 13.7. The number of hydrogen-bond donors (Lipinski definition) is 1. The van der Waals surface area contributed by atoms with Crippen LogP contribution >= 0.6 is 11.6 Å². The molecular weight excluding hydrogens is 620 g/mol. The molecule has 0 unspecified atom stereocenters. The molecule has 7 rings (SSSR count). The molecule has 0 radical (unpaired) electrons. The first-order chi connectivity index (χ1) is 22.3. The van der Waals surface area contributed by atoms with Crippen LogP contribution in [-0.4, -0.2) is 68.7 Å². The number of ether oxygens (including phenoxy) is 7. The fourth-order valence-electron chi connectivity index (χ4n) is 6.54. The Labute approximate surface area is 268 Å². The normalized spacial score (nSPS) is 20.8. The molecule has 3 aromatic carbocycles. The van der Waals surface area contributed by atoms with Crippen LogP contribution in [0.2, 0.25) is 5.02 Å². The van der Waals surface area contributed by atoms with E-state index in [1.54, 1.807) is 18.2 Å². The van der Waals surface area contributed by atoms with Gasteiger partial charge in [-0.15, -0.1) is 5.10 Å². The number of cyclic esters (lactones) is 1. The third-order valence-electron chi connectivity index (χ3n) is 8.65. The van der Waals surface area contributed by atoms with E-state index in [0.29, 0.717) is 45.2 Å². The third kappa shape index (κ3) is 4.78. The van der Waals surface area contributed by atoms with Crippen molar-refractivity contribution < 1.29 is 42.7 Å². The number of carbonyl (C=O) groups excluding carboxylic acids is 2. The molecule has 13 nitrogen and oxygen atoms in total. The number of rotatable bonds is 8. The monoisotopic (exact) mass is 648 g/mol. The Kier molecular flexibility index (Phi) is 7.47. The Bertz CT molecular complexity index is 1840. The van der Waals surface area contributed by atoms with E-state index in [0.717, 1.165) is 16.7 Å². The first kappa shape index (κ1) is 29.5. The predicted octanol–water partition coefficient (Wildman–Crippen LogP) is 4.09. The van der Waals surface area contributed by atoms with Crippen molar-refractivity contribution >= 4 is 23.5 Å². The van der Waals surface area contributed by atoms with Gasteiger partial charge in [0.2, 0.25) is 12.5 Å². The van der Waals surface area contributed by atoms with E-state index in [1.807, 2.05) is 24.3 Å². The summed E-state index contributed by atoms with van der Waals surface area (Å²) in [5.74, 6) is 0.452. The molecule has 3 aliphatic rings. The average Bonchev–Trinajstić information content (AvgIpc) is 3.83. The summed E-state index contributed by atoms with van der Waals surface area (Å²) < 4.78 is 40.6. The van der Waals surface area contributed by atoms with Gasteiger partial charge in [0.05, 0.1) is 63.9 Å². The predicted molar refractivity (Wildman–Crippen MR) is 162 cm³/mol. The SMILES string of the molecule is COc1ccc(-n2cc(C(=O)N[C@@H]3c4cc5c(cc4[C@@H](c4cc(OC)c(OC)c(OC)c4)[C@H]4C(=O)OC[C@@H]43)OCO5)nn2)cc1Cl. The van der Waals surface area contributed by atoms with Crippen LogP contribution in [0.25, 0.3) is 5.69 Å². The van der Waals surface area contributed by atoms with Gasteiger partial charge in [0.15, 0.2) is 28.7 Å². The number of benzene rings is 3. The van der Waals surface area contributed by atoms with Crippen molar-refractivity contribution in [1.82, 2.24) is 20.3 Å². The highest BCUT2D eigenvalue weighted by atomic mass is 35.5. The number of fused-ring (bicyclic) bond motifs is 3. The standard InChI is InChI=1S/C32H29ClN4O9/c1-40-22-6-5-16(9-20(22)33)37-12-21(35-36-37)31(38)34-29-18-11-24-23(45-14-46-24)10-17(18)27(28-19(29)13-44-32(28)39)15-7-25(41-2)30(43-4)26(8-15)42-3/h5-12,19,27-29H,13-14H2,1-4H3,(H,34,38)/t19-,27+,28-,29+/m0/s1. The molecule has 14 heteroatoms. The molecule has 1 saturated heterocycles. The quantitative estimate of drug-likeness (QED) is 0.276. The second-order valence-electron chi connectivity index (χ2n) is 10.9. The van der Waals surface area contributed by atoms with Gasteiger partial charge < -0.3 is 38.5 Å². The number of amides is 1. The summed E-state index contributed by atoms with van der Waals surface area (Å²) in [5, 5.41) is 11.7. The highest BCUT2D eigenvalue weighted by Crippen LogP contribution is 2.55. The van der Waals surface area contributed by atoms with Crippen molar-refractivity contribution in [2.24, 2.45) is 11.8 Å². The lowest BCUT2D eigenvalue weighted by Crippen LogP contribution is -2.43. The first-order valence-corrected chi connectivity index (χ1v) is 14.7. The molecule has 4 aromatic rings. The minimum absolute atomic E-state index is 0.0531. The van der Waals surface area contributed by atoms with Gasteiger partial charge in [0.1, 0.15) is 5.75 Å². The Morgan fingerprint density at radius 1 is 0.913 bits per heavy atom. The third-order valence-corrected chi connectivity index (χ3v) is 8.94. The van der Waals surface area contributed by atoms with Gasteiger partial charge in [-0.25, -0.2) is 4.68 Å². The van der Waals surface area contributed by atoms with Crippen molar-refractivity contribution in [2.45, 2.75) is 12.0 Å². The summed E-state index contributed by atoms with van der Waals surface area (Å²) in [4.78, 5) is 27.2. The number of aromatic nitrogens is 3. The largest absolute Gasteiger partial charge is 0.495 e. The molecule has 4 atom stereocenters. The molecule has 3 heterocycles. The second-order valence-corrected chi connectivity index (χ2v) is 11.3. The molecular formula is C32H29ClN4O9. The van der Waals surface area contributed by atoms with Crippen LogP contribution in [-0.2, 0) is 9.53 Å². The van der Waals surface area contributed by atoms with E-state index in [9.17, 15) is 9.59 Å². The van der Waals surface area contributed by atoms with Crippen LogP contribution in [0.1, 0.15) is 39.1 Å². The molecule has 238 valence electrons. The number of hydrogen-bond acceptors (Lipinski definition) is 11. The van der Waals surface area contributed by atoms with Gasteiger partial charge in [-0.2, -0.15) is 0 Å². The second kappa shape index (κ2) is 11.6. The van der Waals surface area contributed by atoms with Crippen molar-refractivity contribution in [2.75, 3.05) is 41.8 Å². The van der Waals surface area contributed by atoms with E-state index in [-0.39, 0.29) is 25.1 Å². The minimum atomic E-state index is -0.655. The van der Waals surface area contributed by atoms with Gasteiger partial charge in [0, 0.05) is 11.8 Å². The number of carbonyl (C=O) groups is 2.